The first-order valence-electron chi connectivity index (χ1n) is 6.25. The number of pyridine rings is 1. The summed E-state index contributed by atoms with van der Waals surface area (Å²) in [6.07, 6.45) is 2.76. The van der Waals surface area contributed by atoms with E-state index in [0.29, 0.717) is 6.61 Å². The van der Waals surface area contributed by atoms with Gasteiger partial charge in [0.05, 0.1) is 17.8 Å². The van der Waals surface area contributed by atoms with Crippen molar-refractivity contribution in [3.8, 4) is 0 Å². The van der Waals surface area contributed by atoms with Crippen LogP contribution in [0.2, 0.25) is 0 Å². The van der Waals surface area contributed by atoms with Crippen LogP contribution in [0.4, 0.5) is 11.4 Å². The van der Waals surface area contributed by atoms with Crippen LogP contribution in [0.15, 0.2) is 28.9 Å². The van der Waals surface area contributed by atoms with E-state index in [-0.39, 0.29) is 6.04 Å². The Bertz CT molecular complexity index is 574. The van der Waals surface area contributed by atoms with Crippen LogP contribution >= 0.6 is 15.9 Å². The molecule has 1 aromatic heterocycles. The van der Waals surface area contributed by atoms with Gasteiger partial charge in [-0.1, -0.05) is 6.92 Å². The van der Waals surface area contributed by atoms with Crippen molar-refractivity contribution in [2.75, 3.05) is 24.8 Å². The summed E-state index contributed by atoms with van der Waals surface area (Å²) in [7, 11) is 1.71. The summed E-state index contributed by atoms with van der Waals surface area (Å²) >= 11 is 3.42. The van der Waals surface area contributed by atoms with Crippen molar-refractivity contribution in [3.05, 3.63) is 28.9 Å². The van der Waals surface area contributed by atoms with Crippen LogP contribution in [-0.2, 0) is 4.74 Å². The average molecular weight is 324 g/mol. The number of hydrogen-bond donors (Lipinski definition) is 2. The molecule has 0 aliphatic rings. The molecule has 5 heteroatoms. The fraction of sp³-hybridized carbons (Fsp3) is 0.357. The molecule has 0 bridgehead atoms. The molecule has 0 aliphatic carbocycles. The number of halogens is 1. The zero-order valence-corrected chi connectivity index (χ0v) is 12.7. The third-order valence-electron chi connectivity index (χ3n) is 3.07. The SMILES string of the molecule is CCC(COC)Nc1ccc(N)c2cc(Br)cnc12. The molecule has 1 atom stereocenters. The van der Waals surface area contributed by atoms with E-state index in [9.17, 15) is 0 Å². The van der Waals surface area contributed by atoms with Gasteiger partial charge in [0, 0.05) is 34.9 Å². The molecule has 1 aromatic carbocycles. The molecule has 1 heterocycles. The van der Waals surface area contributed by atoms with Crippen molar-refractivity contribution in [3.63, 3.8) is 0 Å². The molecular formula is C14H18BrN3O. The number of nitrogen functional groups attached to an aromatic ring is 1. The largest absolute Gasteiger partial charge is 0.398 e. The Kier molecular flexibility index (Phi) is 4.61. The molecule has 0 aliphatic heterocycles. The highest BCUT2D eigenvalue weighted by Crippen LogP contribution is 2.29. The second-order valence-corrected chi connectivity index (χ2v) is 5.37. The third-order valence-corrected chi connectivity index (χ3v) is 3.50. The van der Waals surface area contributed by atoms with Crippen molar-refractivity contribution in [2.24, 2.45) is 0 Å². The molecule has 4 nitrogen and oxygen atoms in total. The molecule has 0 radical (unpaired) electrons. The summed E-state index contributed by atoms with van der Waals surface area (Å²) in [5, 5.41) is 4.41. The molecule has 0 spiro atoms. The Hall–Kier alpha value is -1.33. The lowest BCUT2D eigenvalue weighted by Gasteiger charge is -2.18. The molecule has 2 aromatic rings. The van der Waals surface area contributed by atoms with Crippen LogP contribution in [0.25, 0.3) is 10.9 Å². The Labute approximate surface area is 121 Å². The first kappa shape index (κ1) is 14.1. The second-order valence-electron chi connectivity index (χ2n) is 4.46. The topological polar surface area (TPSA) is 60.2 Å². The zero-order valence-electron chi connectivity index (χ0n) is 11.1. The lowest BCUT2D eigenvalue weighted by molar-refractivity contribution is 0.184. The first-order chi connectivity index (χ1) is 9.15. The van der Waals surface area contributed by atoms with E-state index in [1.807, 2.05) is 18.2 Å². The van der Waals surface area contributed by atoms with Gasteiger partial charge in [0.2, 0.25) is 0 Å². The number of anilines is 2. The van der Waals surface area contributed by atoms with E-state index in [1.165, 1.54) is 0 Å². The lowest BCUT2D eigenvalue weighted by atomic mass is 10.1. The van der Waals surface area contributed by atoms with Gasteiger partial charge in [-0.05, 0) is 40.5 Å². The standard InChI is InChI=1S/C14H18BrN3O/c1-3-10(8-19-2)18-13-5-4-12(16)11-6-9(15)7-17-14(11)13/h4-7,10,18H,3,8,16H2,1-2H3. The van der Waals surface area contributed by atoms with Gasteiger partial charge in [0.25, 0.3) is 0 Å². The quantitative estimate of drug-likeness (QED) is 0.828. The van der Waals surface area contributed by atoms with Gasteiger partial charge in [-0.15, -0.1) is 0 Å². The number of nitrogens with one attached hydrogen (secondary N) is 1. The summed E-state index contributed by atoms with van der Waals surface area (Å²) in [6, 6.07) is 6.12. The summed E-state index contributed by atoms with van der Waals surface area (Å²) in [4.78, 5) is 4.46. The van der Waals surface area contributed by atoms with Crippen LogP contribution in [0.3, 0.4) is 0 Å². The Morgan fingerprint density at radius 3 is 2.95 bits per heavy atom. The highest BCUT2D eigenvalue weighted by atomic mass is 79.9. The van der Waals surface area contributed by atoms with E-state index >= 15 is 0 Å². The maximum Gasteiger partial charge on any atom is 0.0954 e. The summed E-state index contributed by atoms with van der Waals surface area (Å²) in [5.74, 6) is 0. The number of nitrogens with two attached hydrogens (primary N) is 1. The number of nitrogens with zero attached hydrogens (tertiary/aromatic N) is 1. The van der Waals surface area contributed by atoms with Gasteiger partial charge in [-0.3, -0.25) is 4.98 Å². The molecular weight excluding hydrogens is 306 g/mol. The zero-order chi connectivity index (χ0) is 13.8. The monoisotopic (exact) mass is 323 g/mol. The van der Waals surface area contributed by atoms with Gasteiger partial charge < -0.3 is 15.8 Å². The minimum atomic E-state index is 0.266. The number of aromatic nitrogens is 1. The number of rotatable bonds is 5. The first-order valence-corrected chi connectivity index (χ1v) is 7.04. The molecule has 19 heavy (non-hydrogen) atoms. The van der Waals surface area contributed by atoms with E-state index in [4.69, 9.17) is 10.5 Å². The Morgan fingerprint density at radius 2 is 2.26 bits per heavy atom. The van der Waals surface area contributed by atoms with Gasteiger partial charge in [0.15, 0.2) is 0 Å². The molecule has 3 N–H and O–H groups in total. The predicted molar refractivity (Wildman–Crippen MR) is 83.4 cm³/mol. The minimum absolute atomic E-state index is 0.266. The van der Waals surface area contributed by atoms with Crippen LogP contribution in [0.1, 0.15) is 13.3 Å². The fourth-order valence-corrected chi connectivity index (χ4v) is 2.35. The maximum absolute atomic E-state index is 6.00. The van der Waals surface area contributed by atoms with Crippen molar-refractivity contribution in [2.45, 2.75) is 19.4 Å². The van der Waals surface area contributed by atoms with Crippen LogP contribution < -0.4 is 11.1 Å². The van der Waals surface area contributed by atoms with Crippen molar-refractivity contribution in [1.29, 1.82) is 0 Å². The van der Waals surface area contributed by atoms with Crippen LogP contribution in [0.5, 0.6) is 0 Å². The number of benzene rings is 1. The molecule has 1 unspecified atom stereocenters. The molecule has 0 amide bonds. The van der Waals surface area contributed by atoms with Gasteiger partial charge >= 0.3 is 0 Å². The van der Waals surface area contributed by atoms with Gasteiger partial charge in [0.1, 0.15) is 0 Å². The highest BCUT2D eigenvalue weighted by molar-refractivity contribution is 9.10. The summed E-state index contributed by atoms with van der Waals surface area (Å²) in [5.41, 5.74) is 8.61. The van der Waals surface area contributed by atoms with E-state index in [0.717, 1.165) is 33.2 Å². The normalized spacial score (nSPS) is 12.6. The lowest BCUT2D eigenvalue weighted by Crippen LogP contribution is -2.24. The molecule has 102 valence electrons. The molecule has 2 rings (SSSR count). The minimum Gasteiger partial charge on any atom is -0.398 e. The van der Waals surface area contributed by atoms with Crippen molar-refractivity contribution >= 4 is 38.2 Å². The highest BCUT2D eigenvalue weighted by Gasteiger charge is 2.10. The fourth-order valence-electron chi connectivity index (χ4n) is 2.01. The smallest absolute Gasteiger partial charge is 0.0954 e. The van der Waals surface area contributed by atoms with Crippen molar-refractivity contribution in [1.82, 2.24) is 4.98 Å². The Morgan fingerprint density at radius 1 is 1.47 bits per heavy atom. The number of hydrogen-bond acceptors (Lipinski definition) is 4. The molecule has 0 saturated carbocycles. The number of fused-ring (bicyclic) bond motifs is 1. The summed E-state index contributed by atoms with van der Waals surface area (Å²) in [6.45, 7) is 2.79. The van der Waals surface area contributed by atoms with Gasteiger partial charge in [-0.2, -0.15) is 0 Å². The number of ether oxygens (including phenoxy) is 1. The second kappa shape index (κ2) is 6.21. The van der Waals surface area contributed by atoms with E-state index < -0.39 is 0 Å². The van der Waals surface area contributed by atoms with Gasteiger partial charge in [-0.25, -0.2) is 0 Å². The maximum atomic E-state index is 6.00. The van der Waals surface area contributed by atoms with E-state index in [1.54, 1.807) is 13.3 Å². The molecule has 0 saturated heterocycles. The van der Waals surface area contributed by atoms with E-state index in [2.05, 4.69) is 33.2 Å². The summed E-state index contributed by atoms with van der Waals surface area (Å²) < 4.78 is 6.13. The van der Waals surface area contributed by atoms with Crippen LogP contribution in [-0.4, -0.2) is 24.7 Å². The Balaban J connectivity index is 2.41. The average Bonchev–Trinajstić information content (AvgIpc) is 2.41. The number of methoxy groups -OCH3 is 1. The predicted octanol–water partition coefficient (Wildman–Crippen LogP) is 3.42. The van der Waals surface area contributed by atoms with Crippen LogP contribution in [0, 0.1) is 0 Å². The third kappa shape index (κ3) is 3.16. The van der Waals surface area contributed by atoms with Crippen molar-refractivity contribution < 1.29 is 4.74 Å². The molecule has 0 fully saturated rings.